The molecule has 0 fully saturated rings. The van der Waals surface area contributed by atoms with Crippen LogP contribution >= 0.6 is 22.7 Å². The number of anilines is 2. The van der Waals surface area contributed by atoms with E-state index >= 15 is 0 Å². The normalized spacial score (nSPS) is 11.3. The fourth-order valence-electron chi connectivity index (χ4n) is 3.14. The molecule has 0 radical (unpaired) electrons. The van der Waals surface area contributed by atoms with Crippen molar-refractivity contribution in [2.75, 3.05) is 16.3 Å². The molecule has 4 rings (SSSR count). The first-order chi connectivity index (χ1) is 15.3. The molecule has 2 N–H and O–H groups in total. The number of benzene rings is 2. The number of aromatic nitrogens is 1. The van der Waals surface area contributed by atoms with Gasteiger partial charge in [0.25, 0.3) is 0 Å². The van der Waals surface area contributed by atoms with Crippen LogP contribution in [-0.4, -0.2) is 25.6 Å². The molecule has 0 atom stereocenters. The lowest BCUT2D eigenvalue weighted by Gasteiger charge is -2.11. The second-order valence-electron chi connectivity index (χ2n) is 7.26. The molecule has 2 aromatic carbocycles. The molecule has 0 unspecified atom stereocenters. The number of nitrogens with one attached hydrogen (secondary N) is 2. The largest absolute Gasteiger partial charge is 0.326 e. The van der Waals surface area contributed by atoms with E-state index < -0.39 is 10.0 Å². The molecule has 2 heterocycles. The summed E-state index contributed by atoms with van der Waals surface area (Å²) in [6.07, 6.45) is 1.26. The number of nitrogens with zero attached hydrogens (tertiary/aromatic N) is 1. The number of thiophene rings is 1. The van der Waals surface area contributed by atoms with Gasteiger partial charge in [0, 0.05) is 16.1 Å². The van der Waals surface area contributed by atoms with Gasteiger partial charge < -0.3 is 5.32 Å². The average molecular weight is 484 g/mol. The molecular weight excluding hydrogens is 462 g/mol. The molecule has 4 aromatic rings. The zero-order valence-electron chi connectivity index (χ0n) is 17.5. The molecule has 32 heavy (non-hydrogen) atoms. The van der Waals surface area contributed by atoms with Crippen molar-refractivity contribution in [1.29, 1.82) is 0 Å². The van der Waals surface area contributed by atoms with E-state index in [1.54, 1.807) is 36.5 Å². The molecule has 0 saturated heterocycles. The lowest BCUT2D eigenvalue weighted by atomic mass is 10.2. The third-order valence-corrected chi connectivity index (χ3v) is 7.18. The summed E-state index contributed by atoms with van der Waals surface area (Å²) in [6, 6.07) is 19.0. The summed E-state index contributed by atoms with van der Waals surface area (Å²) >= 11 is 3.09. The number of aryl methyl sites for hydroxylation is 1. The van der Waals surface area contributed by atoms with Crippen LogP contribution in [0.15, 0.2) is 66.0 Å². The van der Waals surface area contributed by atoms with Crippen molar-refractivity contribution < 1.29 is 13.2 Å². The Balaban J connectivity index is 1.58. The minimum Gasteiger partial charge on any atom is -0.326 e. The topological polar surface area (TPSA) is 88.2 Å². The summed E-state index contributed by atoms with van der Waals surface area (Å²) in [5, 5.41) is 5.73. The Morgan fingerprint density at radius 3 is 2.53 bits per heavy atom. The third kappa shape index (κ3) is 5.42. The molecule has 2 aromatic heterocycles. The second kappa shape index (κ2) is 9.23. The highest BCUT2D eigenvalue weighted by Gasteiger charge is 2.18. The lowest BCUT2D eigenvalue weighted by molar-refractivity contribution is -0.115. The summed E-state index contributed by atoms with van der Waals surface area (Å²) in [4.78, 5) is 19.6. The Morgan fingerprint density at radius 2 is 1.84 bits per heavy atom. The van der Waals surface area contributed by atoms with Crippen LogP contribution in [0, 0.1) is 6.92 Å². The Morgan fingerprint density at radius 1 is 1.06 bits per heavy atom. The summed E-state index contributed by atoms with van der Waals surface area (Å²) < 4.78 is 25.7. The highest BCUT2D eigenvalue weighted by molar-refractivity contribution is 7.92. The van der Waals surface area contributed by atoms with E-state index in [-0.39, 0.29) is 12.3 Å². The van der Waals surface area contributed by atoms with Crippen molar-refractivity contribution in [3.8, 4) is 21.1 Å². The van der Waals surface area contributed by atoms with Crippen LogP contribution in [0.25, 0.3) is 21.1 Å². The smallest absolute Gasteiger partial charge is 0.229 e. The quantitative estimate of drug-likeness (QED) is 0.368. The molecule has 0 aliphatic carbocycles. The number of amides is 1. The van der Waals surface area contributed by atoms with Crippen LogP contribution in [-0.2, 0) is 21.2 Å². The number of sulfonamides is 1. The van der Waals surface area contributed by atoms with Crippen molar-refractivity contribution in [2.45, 2.75) is 13.3 Å². The van der Waals surface area contributed by atoms with Crippen LogP contribution in [0.1, 0.15) is 10.4 Å². The van der Waals surface area contributed by atoms with E-state index in [1.165, 1.54) is 11.3 Å². The lowest BCUT2D eigenvalue weighted by Crippen LogP contribution is -2.15. The minimum absolute atomic E-state index is 0.167. The van der Waals surface area contributed by atoms with Crippen LogP contribution in [0.2, 0.25) is 0 Å². The standard InChI is InChI=1S/C23H21N3O3S3/c1-15-10-11-17(13-18(15)26-32(2,28)29)24-21(27)14-20-22(19-9-6-12-30-19)25-23(31-20)16-7-4-3-5-8-16/h3-13,26H,14H2,1-2H3,(H,24,27). The van der Waals surface area contributed by atoms with Gasteiger partial charge in [-0.25, -0.2) is 13.4 Å². The molecule has 0 aliphatic rings. The Hall–Kier alpha value is -3.01. The Bertz CT molecular complexity index is 1350. The number of carbonyl (C=O) groups excluding carboxylic acids is 1. The van der Waals surface area contributed by atoms with Crippen LogP contribution in [0.3, 0.4) is 0 Å². The van der Waals surface area contributed by atoms with Gasteiger partial charge in [-0.15, -0.1) is 22.7 Å². The number of thiazole rings is 1. The Kier molecular flexibility index (Phi) is 6.40. The summed E-state index contributed by atoms with van der Waals surface area (Å²) in [5.41, 5.74) is 3.56. The third-order valence-electron chi connectivity index (χ3n) is 4.61. The van der Waals surface area contributed by atoms with Crippen LogP contribution in [0.4, 0.5) is 11.4 Å². The first kappa shape index (κ1) is 22.2. The summed E-state index contributed by atoms with van der Waals surface area (Å²) in [7, 11) is -3.42. The van der Waals surface area contributed by atoms with Crippen molar-refractivity contribution in [1.82, 2.24) is 4.98 Å². The highest BCUT2D eigenvalue weighted by atomic mass is 32.2. The van der Waals surface area contributed by atoms with E-state index in [4.69, 9.17) is 4.98 Å². The van der Waals surface area contributed by atoms with Gasteiger partial charge >= 0.3 is 0 Å². The minimum atomic E-state index is -3.42. The van der Waals surface area contributed by atoms with Gasteiger partial charge in [0.1, 0.15) is 5.01 Å². The molecule has 0 bridgehead atoms. The summed E-state index contributed by atoms with van der Waals surface area (Å²) in [5.74, 6) is -0.194. The predicted molar refractivity (Wildman–Crippen MR) is 133 cm³/mol. The van der Waals surface area contributed by atoms with E-state index in [0.717, 1.165) is 37.8 Å². The number of rotatable bonds is 7. The van der Waals surface area contributed by atoms with Gasteiger partial charge in [-0.3, -0.25) is 9.52 Å². The summed E-state index contributed by atoms with van der Waals surface area (Å²) in [6.45, 7) is 1.80. The van der Waals surface area contributed by atoms with Gasteiger partial charge in [0.2, 0.25) is 15.9 Å². The maximum Gasteiger partial charge on any atom is 0.229 e. The van der Waals surface area contributed by atoms with Gasteiger partial charge in [-0.05, 0) is 36.1 Å². The van der Waals surface area contributed by atoms with Crippen LogP contribution < -0.4 is 10.0 Å². The van der Waals surface area contributed by atoms with Crippen molar-refractivity contribution in [2.24, 2.45) is 0 Å². The first-order valence-electron chi connectivity index (χ1n) is 9.76. The van der Waals surface area contributed by atoms with Crippen LogP contribution in [0.5, 0.6) is 0 Å². The predicted octanol–water partition coefficient (Wildman–Crippen LogP) is 5.40. The van der Waals surface area contributed by atoms with Gasteiger partial charge in [-0.1, -0.05) is 42.5 Å². The Labute approximate surface area is 195 Å². The molecule has 0 aliphatic heterocycles. The van der Waals surface area contributed by atoms with Crippen molar-refractivity contribution in [3.63, 3.8) is 0 Å². The van der Waals surface area contributed by atoms with E-state index in [1.807, 2.05) is 47.8 Å². The fraction of sp³-hybridized carbons (Fsp3) is 0.130. The monoisotopic (exact) mass is 483 g/mol. The number of hydrogen-bond donors (Lipinski definition) is 2. The molecule has 6 nitrogen and oxygen atoms in total. The zero-order valence-corrected chi connectivity index (χ0v) is 19.9. The van der Waals surface area contributed by atoms with Crippen molar-refractivity contribution in [3.05, 3.63) is 76.5 Å². The molecule has 1 amide bonds. The van der Waals surface area contributed by atoms with Crippen molar-refractivity contribution >= 4 is 50.0 Å². The van der Waals surface area contributed by atoms with E-state index in [0.29, 0.717) is 11.4 Å². The molecule has 0 spiro atoms. The number of carbonyl (C=O) groups is 1. The second-order valence-corrected chi connectivity index (χ2v) is 11.0. The van der Waals surface area contributed by atoms with Gasteiger partial charge in [0.05, 0.1) is 28.9 Å². The molecule has 9 heteroatoms. The maximum absolute atomic E-state index is 12.9. The SMILES string of the molecule is Cc1ccc(NC(=O)Cc2sc(-c3ccccc3)nc2-c2cccs2)cc1NS(C)(=O)=O. The average Bonchev–Trinajstić information content (AvgIpc) is 3.40. The molecular formula is C23H21N3O3S3. The number of hydrogen-bond acceptors (Lipinski definition) is 6. The maximum atomic E-state index is 12.9. The van der Waals surface area contributed by atoms with Gasteiger partial charge in [-0.2, -0.15) is 0 Å². The van der Waals surface area contributed by atoms with Gasteiger partial charge in [0.15, 0.2) is 0 Å². The zero-order chi connectivity index (χ0) is 22.7. The fourth-order valence-corrected chi connectivity index (χ4v) is 5.65. The first-order valence-corrected chi connectivity index (χ1v) is 13.3. The van der Waals surface area contributed by atoms with E-state index in [9.17, 15) is 13.2 Å². The van der Waals surface area contributed by atoms with E-state index in [2.05, 4.69) is 10.0 Å². The highest BCUT2D eigenvalue weighted by Crippen LogP contribution is 2.36. The molecule has 164 valence electrons. The molecule has 0 saturated carbocycles.